The minimum absolute atomic E-state index is 0.0172. The minimum Gasteiger partial charge on any atom is -0.493 e. The molecule has 0 aliphatic rings. The molecular formula is C14H21N3O2. The molecule has 0 bridgehead atoms. The molecule has 5 heteroatoms. The normalized spacial score (nSPS) is 12.9. The highest BCUT2D eigenvalue weighted by atomic mass is 16.5. The maximum absolute atomic E-state index is 5.45. The van der Waals surface area contributed by atoms with Crippen molar-refractivity contribution in [3.8, 4) is 5.75 Å². The van der Waals surface area contributed by atoms with Crippen LogP contribution in [0.3, 0.4) is 0 Å². The monoisotopic (exact) mass is 263 g/mol. The summed E-state index contributed by atoms with van der Waals surface area (Å²) in [5, 5.41) is 7.88. The molecule has 0 radical (unpaired) electrons. The number of hydrogen-bond acceptors (Lipinski definition) is 4. The molecule has 19 heavy (non-hydrogen) atoms. The van der Waals surface area contributed by atoms with Gasteiger partial charge in [-0.2, -0.15) is 5.10 Å². The molecule has 0 amide bonds. The largest absolute Gasteiger partial charge is 0.493 e. The second-order valence-electron chi connectivity index (χ2n) is 4.68. The first-order valence-electron chi connectivity index (χ1n) is 6.55. The number of hydrogen-bond donors (Lipinski definition) is 1. The van der Waals surface area contributed by atoms with Crippen LogP contribution in [0.4, 0.5) is 0 Å². The van der Waals surface area contributed by atoms with Gasteiger partial charge in [0.2, 0.25) is 0 Å². The molecule has 0 aromatic carbocycles. The van der Waals surface area contributed by atoms with Crippen molar-refractivity contribution >= 4 is 0 Å². The van der Waals surface area contributed by atoms with E-state index < -0.39 is 0 Å². The van der Waals surface area contributed by atoms with Crippen LogP contribution in [-0.4, -0.2) is 23.4 Å². The van der Waals surface area contributed by atoms with Gasteiger partial charge in [0.25, 0.3) is 0 Å². The lowest BCUT2D eigenvalue weighted by molar-refractivity contribution is 0.394. The maximum Gasteiger partial charge on any atom is 0.161 e. The van der Waals surface area contributed by atoms with Crippen LogP contribution in [0.25, 0.3) is 0 Å². The number of nitrogens with zero attached hydrogens (tertiary/aromatic N) is 2. The summed E-state index contributed by atoms with van der Waals surface area (Å²) in [6.45, 7) is 7.14. The fraction of sp³-hybridized carbons (Fsp3) is 0.500. The molecule has 0 fully saturated rings. The molecule has 104 valence electrons. The van der Waals surface area contributed by atoms with Gasteiger partial charge in [-0.3, -0.25) is 4.68 Å². The first kappa shape index (κ1) is 13.7. The molecule has 0 saturated carbocycles. The summed E-state index contributed by atoms with van der Waals surface area (Å²) in [5.74, 6) is 0.792. The predicted octanol–water partition coefficient (Wildman–Crippen LogP) is 2.76. The Morgan fingerprint density at radius 1 is 1.47 bits per heavy atom. The fourth-order valence-corrected chi connectivity index (χ4v) is 2.21. The summed E-state index contributed by atoms with van der Waals surface area (Å²) >= 11 is 0. The number of aromatic nitrogens is 2. The van der Waals surface area contributed by atoms with Gasteiger partial charge in [0.1, 0.15) is 5.69 Å². The highest BCUT2D eigenvalue weighted by molar-refractivity contribution is 5.35. The Bertz CT molecular complexity index is 503. The molecule has 0 saturated heterocycles. The minimum atomic E-state index is 0.0172. The molecule has 2 aromatic heterocycles. The van der Waals surface area contributed by atoms with Gasteiger partial charge >= 0.3 is 0 Å². The van der Waals surface area contributed by atoms with Gasteiger partial charge in [-0.1, -0.05) is 6.92 Å². The Labute approximate surface area is 113 Å². The van der Waals surface area contributed by atoms with Crippen molar-refractivity contribution in [2.45, 2.75) is 32.9 Å². The van der Waals surface area contributed by atoms with Crippen LogP contribution in [-0.2, 0) is 0 Å². The van der Waals surface area contributed by atoms with Crippen LogP contribution >= 0.6 is 0 Å². The molecular weight excluding hydrogens is 242 g/mol. The van der Waals surface area contributed by atoms with E-state index in [-0.39, 0.29) is 12.1 Å². The van der Waals surface area contributed by atoms with E-state index in [4.69, 9.17) is 9.15 Å². The molecule has 0 aliphatic heterocycles. The SMILES string of the molecule is CCNC(c1ccoc1)c1c(OC)cnn1C(C)C. The van der Waals surface area contributed by atoms with Gasteiger partial charge < -0.3 is 14.5 Å². The molecule has 2 rings (SSSR count). The summed E-state index contributed by atoms with van der Waals surface area (Å²) < 4.78 is 12.6. The van der Waals surface area contributed by atoms with E-state index >= 15 is 0 Å². The zero-order valence-corrected chi connectivity index (χ0v) is 11.9. The smallest absolute Gasteiger partial charge is 0.161 e. The number of ether oxygens (including phenoxy) is 1. The van der Waals surface area contributed by atoms with Gasteiger partial charge in [-0.05, 0) is 26.5 Å². The molecule has 1 atom stereocenters. The highest BCUT2D eigenvalue weighted by Gasteiger charge is 2.24. The van der Waals surface area contributed by atoms with Gasteiger partial charge in [0, 0.05) is 11.6 Å². The van der Waals surface area contributed by atoms with Crippen LogP contribution in [0.1, 0.15) is 44.1 Å². The van der Waals surface area contributed by atoms with E-state index in [1.165, 1.54) is 0 Å². The van der Waals surface area contributed by atoms with Crippen molar-refractivity contribution < 1.29 is 9.15 Å². The second kappa shape index (κ2) is 5.93. The summed E-state index contributed by atoms with van der Waals surface area (Å²) in [7, 11) is 1.67. The Kier molecular flexibility index (Phi) is 4.27. The van der Waals surface area contributed by atoms with E-state index in [1.54, 1.807) is 25.8 Å². The average molecular weight is 263 g/mol. The summed E-state index contributed by atoms with van der Waals surface area (Å²) in [6.07, 6.45) is 5.20. The first-order valence-corrected chi connectivity index (χ1v) is 6.55. The summed E-state index contributed by atoms with van der Waals surface area (Å²) in [5.41, 5.74) is 2.10. The van der Waals surface area contributed by atoms with Crippen molar-refractivity contribution in [2.24, 2.45) is 0 Å². The summed E-state index contributed by atoms with van der Waals surface area (Å²) in [4.78, 5) is 0. The Morgan fingerprint density at radius 3 is 2.79 bits per heavy atom. The van der Waals surface area contributed by atoms with E-state index in [1.807, 2.05) is 10.7 Å². The van der Waals surface area contributed by atoms with E-state index in [0.717, 1.165) is 23.6 Å². The van der Waals surface area contributed by atoms with Crippen molar-refractivity contribution in [1.82, 2.24) is 15.1 Å². The standard InChI is InChI=1S/C14H21N3O2/c1-5-15-13(11-6-7-19-9-11)14-12(18-4)8-16-17(14)10(2)3/h6-10,13,15H,5H2,1-4H3. The first-order chi connectivity index (χ1) is 9.19. The molecule has 1 N–H and O–H groups in total. The van der Waals surface area contributed by atoms with E-state index in [9.17, 15) is 0 Å². The van der Waals surface area contributed by atoms with Gasteiger partial charge in [0.05, 0.1) is 31.9 Å². The predicted molar refractivity (Wildman–Crippen MR) is 73.4 cm³/mol. The number of nitrogens with one attached hydrogen (secondary N) is 1. The van der Waals surface area contributed by atoms with Crippen LogP contribution in [0.5, 0.6) is 5.75 Å². The fourth-order valence-electron chi connectivity index (χ4n) is 2.21. The maximum atomic E-state index is 5.45. The lowest BCUT2D eigenvalue weighted by atomic mass is 10.1. The number of furan rings is 1. The Hall–Kier alpha value is -1.75. The molecule has 0 aliphatic carbocycles. The van der Waals surface area contributed by atoms with E-state index in [2.05, 4.69) is 31.2 Å². The van der Waals surface area contributed by atoms with Gasteiger partial charge in [-0.15, -0.1) is 0 Å². The lowest BCUT2D eigenvalue weighted by Gasteiger charge is -2.21. The van der Waals surface area contributed by atoms with Crippen LogP contribution < -0.4 is 10.1 Å². The summed E-state index contributed by atoms with van der Waals surface area (Å²) in [6, 6.07) is 2.25. The highest BCUT2D eigenvalue weighted by Crippen LogP contribution is 2.31. The number of methoxy groups -OCH3 is 1. The van der Waals surface area contributed by atoms with Crippen molar-refractivity contribution in [2.75, 3.05) is 13.7 Å². The second-order valence-corrected chi connectivity index (χ2v) is 4.68. The Morgan fingerprint density at radius 2 is 2.26 bits per heavy atom. The third kappa shape index (κ3) is 2.66. The molecule has 5 nitrogen and oxygen atoms in total. The van der Waals surface area contributed by atoms with Crippen molar-refractivity contribution in [1.29, 1.82) is 0 Å². The van der Waals surface area contributed by atoms with Crippen LogP contribution in [0, 0.1) is 0 Å². The topological polar surface area (TPSA) is 52.2 Å². The third-order valence-corrected chi connectivity index (χ3v) is 3.07. The molecule has 2 aromatic rings. The van der Waals surface area contributed by atoms with Crippen molar-refractivity contribution in [3.63, 3.8) is 0 Å². The quantitative estimate of drug-likeness (QED) is 0.870. The molecule has 2 heterocycles. The molecule has 0 spiro atoms. The number of rotatable bonds is 6. The van der Waals surface area contributed by atoms with Crippen molar-refractivity contribution in [3.05, 3.63) is 36.0 Å². The van der Waals surface area contributed by atoms with Gasteiger partial charge in [-0.25, -0.2) is 0 Å². The zero-order valence-electron chi connectivity index (χ0n) is 11.9. The Balaban J connectivity index is 2.49. The lowest BCUT2D eigenvalue weighted by Crippen LogP contribution is -2.25. The molecule has 1 unspecified atom stereocenters. The van der Waals surface area contributed by atoms with E-state index in [0.29, 0.717) is 0 Å². The van der Waals surface area contributed by atoms with Crippen LogP contribution in [0.2, 0.25) is 0 Å². The average Bonchev–Trinajstić information content (AvgIpc) is 3.04. The van der Waals surface area contributed by atoms with Gasteiger partial charge in [0.15, 0.2) is 5.75 Å². The van der Waals surface area contributed by atoms with Crippen LogP contribution in [0.15, 0.2) is 29.2 Å². The third-order valence-electron chi connectivity index (χ3n) is 3.07. The zero-order chi connectivity index (χ0) is 13.8.